The number of aromatic nitrogens is 2. The van der Waals surface area contributed by atoms with E-state index < -0.39 is 5.91 Å². The number of aryl methyl sites for hydroxylation is 1. The van der Waals surface area contributed by atoms with Crippen LogP contribution in [0.2, 0.25) is 0 Å². The Balaban J connectivity index is 1.59. The van der Waals surface area contributed by atoms with Crippen LogP contribution in [0.15, 0.2) is 54.9 Å². The maximum atomic E-state index is 12.0. The molecule has 4 rings (SSSR count). The molecule has 5 heteroatoms. The van der Waals surface area contributed by atoms with Crippen LogP contribution in [0.25, 0.3) is 5.52 Å². The normalized spacial score (nSPS) is 23.3. The summed E-state index contributed by atoms with van der Waals surface area (Å²) in [5.74, 6) is -0.452. The third kappa shape index (κ3) is 3.39. The SMILES string of the molecule is CC1(C)[C@H](Nc2c(C(N)=O)cnn3cccc23)CC[C@]1(C)CCc1ccccc1. The predicted molar refractivity (Wildman–Crippen MR) is 117 cm³/mol. The van der Waals surface area contributed by atoms with Gasteiger partial charge in [-0.05, 0) is 54.2 Å². The van der Waals surface area contributed by atoms with Gasteiger partial charge in [-0.2, -0.15) is 5.10 Å². The number of carbonyl (C=O) groups excluding carboxylic acids is 1. The van der Waals surface area contributed by atoms with Crippen molar-refractivity contribution in [3.63, 3.8) is 0 Å². The van der Waals surface area contributed by atoms with Crippen LogP contribution in [-0.2, 0) is 6.42 Å². The van der Waals surface area contributed by atoms with E-state index in [1.165, 1.54) is 5.56 Å². The lowest BCUT2D eigenvalue weighted by Crippen LogP contribution is -2.41. The minimum atomic E-state index is -0.452. The summed E-state index contributed by atoms with van der Waals surface area (Å²) < 4.78 is 1.78. The molecule has 2 heterocycles. The van der Waals surface area contributed by atoms with Gasteiger partial charge >= 0.3 is 0 Å². The molecule has 1 aromatic carbocycles. The molecule has 5 nitrogen and oxygen atoms in total. The van der Waals surface area contributed by atoms with Crippen LogP contribution in [0.5, 0.6) is 0 Å². The molecule has 152 valence electrons. The highest BCUT2D eigenvalue weighted by atomic mass is 16.1. The average Bonchev–Trinajstić information content (AvgIpc) is 3.26. The number of carbonyl (C=O) groups is 1. The fourth-order valence-corrected chi connectivity index (χ4v) is 4.84. The van der Waals surface area contributed by atoms with Gasteiger partial charge in [-0.3, -0.25) is 4.79 Å². The van der Waals surface area contributed by atoms with Gasteiger partial charge < -0.3 is 11.1 Å². The number of anilines is 1. The minimum Gasteiger partial charge on any atom is -0.379 e. The highest BCUT2D eigenvalue weighted by Crippen LogP contribution is 2.55. The quantitative estimate of drug-likeness (QED) is 0.642. The Hall–Kier alpha value is -2.82. The zero-order chi connectivity index (χ0) is 20.6. The zero-order valence-corrected chi connectivity index (χ0v) is 17.5. The first-order valence-corrected chi connectivity index (χ1v) is 10.4. The van der Waals surface area contributed by atoms with Gasteiger partial charge in [-0.1, -0.05) is 51.1 Å². The van der Waals surface area contributed by atoms with Crippen LogP contribution in [0, 0.1) is 10.8 Å². The van der Waals surface area contributed by atoms with Crippen molar-refractivity contribution in [1.29, 1.82) is 0 Å². The van der Waals surface area contributed by atoms with Crippen LogP contribution in [0.1, 0.15) is 56.0 Å². The number of fused-ring (bicyclic) bond motifs is 1. The summed E-state index contributed by atoms with van der Waals surface area (Å²) in [6, 6.07) is 14.9. The maximum absolute atomic E-state index is 12.0. The van der Waals surface area contributed by atoms with Crippen molar-refractivity contribution in [3.8, 4) is 0 Å². The number of nitrogens with one attached hydrogen (secondary N) is 1. The number of nitrogens with two attached hydrogens (primary N) is 1. The highest BCUT2D eigenvalue weighted by Gasteiger charge is 2.51. The predicted octanol–water partition coefficient (Wildman–Crippen LogP) is 4.67. The van der Waals surface area contributed by atoms with Crippen LogP contribution >= 0.6 is 0 Å². The first-order valence-electron chi connectivity index (χ1n) is 10.4. The van der Waals surface area contributed by atoms with E-state index in [0.29, 0.717) is 5.56 Å². The molecule has 1 aliphatic carbocycles. The molecule has 0 aliphatic heterocycles. The highest BCUT2D eigenvalue weighted by molar-refractivity contribution is 6.01. The van der Waals surface area contributed by atoms with Crippen molar-refractivity contribution in [1.82, 2.24) is 9.61 Å². The summed E-state index contributed by atoms with van der Waals surface area (Å²) in [6.07, 6.45) is 7.88. The molecular formula is C24H30N4O. The molecule has 29 heavy (non-hydrogen) atoms. The van der Waals surface area contributed by atoms with Crippen molar-refractivity contribution >= 4 is 17.1 Å². The fraction of sp³-hybridized carbons (Fsp3) is 0.417. The zero-order valence-electron chi connectivity index (χ0n) is 17.5. The molecule has 1 aliphatic rings. The van der Waals surface area contributed by atoms with E-state index in [1.54, 1.807) is 10.7 Å². The van der Waals surface area contributed by atoms with E-state index in [9.17, 15) is 4.79 Å². The molecule has 3 N–H and O–H groups in total. The molecule has 0 bridgehead atoms. The van der Waals surface area contributed by atoms with Crippen molar-refractivity contribution in [3.05, 3.63) is 66.0 Å². The van der Waals surface area contributed by atoms with E-state index in [1.807, 2.05) is 18.3 Å². The Morgan fingerprint density at radius 2 is 1.97 bits per heavy atom. The van der Waals surface area contributed by atoms with Crippen LogP contribution in [0.3, 0.4) is 0 Å². The van der Waals surface area contributed by atoms with Gasteiger partial charge in [0.1, 0.15) is 0 Å². The largest absolute Gasteiger partial charge is 0.379 e. The molecule has 2 aromatic heterocycles. The molecule has 0 radical (unpaired) electrons. The molecule has 0 spiro atoms. The lowest BCUT2D eigenvalue weighted by molar-refractivity contribution is 0.0999. The number of nitrogens with zero attached hydrogens (tertiary/aromatic N) is 2. The van der Waals surface area contributed by atoms with Gasteiger partial charge in [0.05, 0.1) is 23.0 Å². The smallest absolute Gasteiger partial charge is 0.252 e. The van der Waals surface area contributed by atoms with E-state index in [0.717, 1.165) is 36.9 Å². The van der Waals surface area contributed by atoms with E-state index in [4.69, 9.17) is 5.73 Å². The molecule has 0 unspecified atom stereocenters. The maximum Gasteiger partial charge on any atom is 0.252 e. The van der Waals surface area contributed by atoms with Gasteiger partial charge in [-0.25, -0.2) is 4.52 Å². The van der Waals surface area contributed by atoms with Gasteiger partial charge in [0.25, 0.3) is 5.91 Å². The average molecular weight is 391 g/mol. The molecule has 3 aromatic rings. The standard InChI is InChI=1S/C24H30N4O/c1-23(2)20(12-14-24(23,3)13-11-17-8-5-4-6-9-17)27-21-18(22(25)29)16-26-28-15-7-10-19(21)28/h4-10,15-16,20,27H,11-14H2,1-3H3,(H2,25,29)/t20-,24+/m1/s1. The molecule has 2 atom stereocenters. The summed E-state index contributed by atoms with van der Waals surface area (Å²) in [7, 11) is 0. The van der Waals surface area contributed by atoms with Crippen molar-refractivity contribution in [2.75, 3.05) is 5.32 Å². The van der Waals surface area contributed by atoms with Crippen molar-refractivity contribution < 1.29 is 4.79 Å². The summed E-state index contributed by atoms with van der Waals surface area (Å²) in [5.41, 5.74) is 9.44. The molecule has 1 saturated carbocycles. The lowest BCUT2D eigenvalue weighted by Gasteiger charge is -2.42. The summed E-state index contributed by atoms with van der Waals surface area (Å²) in [5, 5.41) is 8.00. The Bertz CT molecular complexity index is 1020. The first-order chi connectivity index (χ1) is 13.8. The summed E-state index contributed by atoms with van der Waals surface area (Å²) in [4.78, 5) is 12.0. The summed E-state index contributed by atoms with van der Waals surface area (Å²) >= 11 is 0. The Labute approximate surface area is 172 Å². The third-order valence-corrected chi connectivity index (χ3v) is 7.37. The van der Waals surface area contributed by atoms with Gasteiger partial charge in [-0.15, -0.1) is 0 Å². The first kappa shape index (κ1) is 19.5. The second-order valence-electron chi connectivity index (χ2n) is 9.14. The van der Waals surface area contributed by atoms with Crippen LogP contribution < -0.4 is 11.1 Å². The van der Waals surface area contributed by atoms with Crippen molar-refractivity contribution in [2.24, 2.45) is 16.6 Å². The number of hydrogen-bond acceptors (Lipinski definition) is 3. The Kier molecular flexibility index (Phi) is 4.85. The summed E-state index contributed by atoms with van der Waals surface area (Å²) in [6.45, 7) is 7.11. The minimum absolute atomic E-state index is 0.0591. The Morgan fingerprint density at radius 3 is 2.69 bits per heavy atom. The molecule has 1 amide bonds. The lowest BCUT2D eigenvalue weighted by atomic mass is 9.65. The fourth-order valence-electron chi connectivity index (χ4n) is 4.84. The second-order valence-corrected chi connectivity index (χ2v) is 9.14. The van der Waals surface area contributed by atoms with E-state index >= 15 is 0 Å². The number of rotatable bonds is 6. The van der Waals surface area contributed by atoms with Crippen molar-refractivity contribution in [2.45, 2.75) is 52.5 Å². The number of amides is 1. The van der Waals surface area contributed by atoms with Gasteiger partial charge in [0, 0.05) is 12.2 Å². The van der Waals surface area contributed by atoms with E-state index in [-0.39, 0.29) is 16.9 Å². The third-order valence-electron chi connectivity index (χ3n) is 7.37. The number of hydrogen-bond donors (Lipinski definition) is 2. The van der Waals surface area contributed by atoms with Gasteiger partial charge in [0.15, 0.2) is 0 Å². The van der Waals surface area contributed by atoms with Crippen LogP contribution in [-0.4, -0.2) is 21.6 Å². The van der Waals surface area contributed by atoms with Gasteiger partial charge in [0.2, 0.25) is 0 Å². The molecule has 1 fully saturated rings. The Morgan fingerprint density at radius 1 is 1.21 bits per heavy atom. The number of benzene rings is 1. The monoisotopic (exact) mass is 390 g/mol. The molecule has 0 saturated heterocycles. The molecular weight excluding hydrogens is 360 g/mol. The topological polar surface area (TPSA) is 72.4 Å². The second kappa shape index (κ2) is 7.21. The van der Waals surface area contributed by atoms with Crippen LogP contribution in [0.4, 0.5) is 5.69 Å². The van der Waals surface area contributed by atoms with E-state index in [2.05, 4.69) is 61.5 Å². The number of primary amides is 1.